The smallest absolute Gasteiger partial charge is 0.0552 e. The molecule has 4 rings (SSSR count). The number of rotatable bonds is 0. The Morgan fingerprint density at radius 2 is 2.06 bits per heavy atom. The van der Waals surface area contributed by atoms with E-state index in [9.17, 15) is 0 Å². The Bertz CT molecular complexity index is 400. The average Bonchev–Trinajstić information content (AvgIpc) is 2.87. The van der Waals surface area contributed by atoms with Crippen LogP contribution in [0.2, 0.25) is 0 Å². The summed E-state index contributed by atoms with van der Waals surface area (Å²) in [5, 5.41) is 8.03. The van der Waals surface area contributed by atoms with E-state index >= 15 is 0 Å². The van der Waals surface area contributed by atoms with E-state index in [2.05, 4.69) is 28.5 Å². The molecule has 1 aromatic heterocycles. The molecule has 1 aromatic rings. The molecule has 2 unspecified atom stereocenters. The molecule has 1 nitrogen and oxygen atoms in total. The maximum Gasteiger partial charge on any atom is 0.0552 e. The lowest BCUT2D eigenvalue weighted by Crippen LogP contribution is -2.50. The number of thiophene rings is 1. The lowest BCUT2D eigenvalue weighted by atomic mass is 9.82. The van der Waals surface area contributed by atoms with Crippen LogP contribution in [0.5, 0.6) is 0 Å². The Morgan fingerprint density at radius 1 is 1.25 bits per heavy atom. The zero-order chi connectivity index (χ0) is 10.6. The van der Waals surface area contributed by atoms with E-state index < -0.39 is 0 Å². The summed E-state index contributed by atoms with van der Waals surface area (Å²) in [5.74, 6) is 0. The van der Waals surface area contributed by atoms with Crippen LogP contribution >= 0.6 is 23.1 Å². The van der Waals surface area contributed by atoms with Crippen LogP contribution in [0, 0.1) is 0 Å². The van der Waals surface area contributed by atoms with Crippen molar-refractivity contribution in [3.05, 3.63) is 21.9 Å². The molecule has 1 N–H and O–H groups in total. The zero-order valence-electron chi connectivity index (χ0n) is 9.37. The molecule has 4 heterocycles. The van der Waals surface area contributed by atoms with Crippen LogP contribution in [0.3, 0.4) is 0 Å². The van der Waals surface area contributed by atoms with Crippen LogP contribution in [-0.2, 0) is 12.0 Å². The maximum atomic E-state index is 3.87. The van der Waals surface area contributed by atoms with Gasteiger partial charge in [0.1, 0.15) is 0 Å². The summed E-state index contributed by atoms with van der Waals surface area (Å²) in [7, 11) is 0. The van der Waals surface area contributed by atoms with Crippen molar-refractivity contribution in [3.63, 3.8) is 0 Å². The summed E-state index contributed by atoms with van der Waals surface area (Å²) in [4.78, 5) is 1.68. The molecular weight excluding hydrogens is 234 g/mol. The first-order valence-corrected chi connectivity index (χ1v) is 8.15. The minimum atomic E-state index is 0.374. The third-order valence-electron chi connectivity index (χ3n) is 4.39. The van der Waals surface area contributed by atoms with Gasteiger partial charge in [-0.25, -0.2) is 0 Å². The highest BCUT2D eigenvalue weighted by atomic mass is 32.2. The van der Waals surface area contributed by atoms with Gasteiger partial charge in [0.25, 0.3) is 0 Å². The molecule has 0 aliphatic carbocycles. The Kier molecular flexibility index (Phi) is 2.18. The molecule has 3 heteroatoms. The highest BCUT2D eigenvalue weighted by molar-refractivity contribution is 8.00. The fraction of sp³-hybridized carbons (Fsp3) is 0.692. The second kappa shape index (κ2) is 3.50. The van der Waals surface area contributed by atoms with Crippen LogP contribution in [0.1, 0.15) is 36.1 Å². The van der Waals surface area contributed by atoms with Gasteiger partial charge in [0.15, 0.2) is 0 Å². The van der Waals surface area contributed by atoms with Gasteiger partial charge in [-0.15, -0.1) is 11.3 Å². The lowest BCUT2D eigenvalue weighted by molar-refractivity contribution is 0.280. The molecule has 2 atom stereocenters. The third kappa shape index (κ3) is 1.34. The average molecular weight is 251 g/mol. The molecule has 86 valence electrons. The van der Waals surface area contributed by atoms with Crippen molar-refractivity contribution < 1.29 is 0 Å². The quantitative estimate of drug-likeness (QED) is 0.760. The van der Waals surface area contributed by atoms with Gasteiger partial charge in [0.2, 0.25) is 0 Å². The summed E-state index contributed by atoms with van der Waals surface area (Å²) >= 11 is 4.25. The highest BCUT2D eigenvalue weighted by Crippen LogP contribution is 2.53. The molecule has 2 saturated heterocycles. The van der Waals surface area contributed by atoms with E-state index in [1.807, 2.05) is 11.3 Å². The van der Waals surface area contributed by atoms with Crippen molar-refractivity contribution in [2.24, 2.45) is 0 Å². The van der Waals surface area contributed by atoms with Gasteiger partial charge in [-0.1, -0.05) is 0 Å². The molecule has 16 heavy (non-hydrogen) atoms. The Morgan fingerprint density at radius 3 is 2.88 bits per heavy atom. The molecule has 0 radical (unpaired) electrons. The first-order chi connectivity index (χ1) is 7.86. The van der Waals surface area contributed by atoms with Gasteiger partial charge in [0.05, 0.1) is 5.54 Å². The molecule has 2 bridgehead atoms. The molecular formula is C13H17NS2. The van der Waals surface area contributed by atoms with Gasteiger partial charge in [-0.05, 0) is 49.1 Å². The highest BCUT2D eigenvalue weighted by Gasteiger charge is 2.47. The summed E-state index contributed by atoms with van der Waals surface area (Å²) in [6, 6.07) is 2.35. The van der Waals surface area contributed by atoms with Gasteiger partial charge in [-0.3, -0.25) is 0 Å². The number of thioether (sulfide) groups is 1. The lowest BCUT2D eigenvalue weighted by Gasteiger charge is -2.43. The van der Waals surface area contributed by atoms with E-state index in [0.29, 0.717) is 5.54 Å². The molecule has 2 fully saturated rings. The van der Waals surface area contributed by atoms with E-state index in [0.717, 1.165) is 10.5 Å². The van der Waals surface area contributed by atoms with Crippen LogP contribution in [0.15, 0.2) is 11.4 Å². The number of nitrogens with one attached hydrogen (secondary N) is 1. The second-order valence-electron chi connectivity index (χ2n) is 5.40. The maximum absolute atomic E-state index is 3.87. The van der Waals surface area contributed by atoms with Gasteiger partial charge in [0, 0.05) is 21.9 Å². The number of hydrogen-bond donors (Lipinski definition) is 1. The zero-order valence-corrected chi connectivity index (χ0v) is 11.0. The van der Waals surface area contributed by atoms with E-state index in [4.69, 9.17) is 0 Å². The first kappa shape index (κ1) is 9.98. The largest absolute Gasteiger partial charge is 0.306 e. The molecule has 3 aliphatic heterocycles. The van der Waals surface area contributed by atoms with Crippen molar-refractivity contribution in [1.82, 2.24) is 5.32 Å². The number of fused-ring (bicyclic) bond motifs is 4. The Labute approximate surface area is 105 Å². The van der Waals surface area contributed by atoms with Gasteiger partial charge >= 0.3 is 0 Å². The SMILES string of the molecule is c1cc2c(s1)C1(CC3CCC(C1)S3)NCC2. The van der Waals surface area contributed by atoms with Crippen molar-refractivity contribution in [2.45, 2.75) is 48.1 Å². The Balaban J connectivity index is 1.78. The fourth-order valence-corrected chi connectivity index (χ4v) is 6.74. The summed E-state index contributed by atoms with van der Waals surface area (Å²) < 4.78 is 0. The van der Waals surface area contributed by atoms with Crippen molar-refractivity contribution in [3.8, 4) is 0 Å². The fourth-order valence-electron chi connectivity index (χ4n) is 3.74. The second-order valence-corrected chi connectivity index (χ2v) is 7.92. The Hall–Kier alpha value is 0.01000. The number of hydrogen-bond acceptors (Lipinski definition) is 3. The molecule has 0 amide bonds. The van der Waals surface area contributed by atoms with E-state index in [1.165, 1.54) is 38.6 Å². The normalized spacial score (nSPS) is 41.2. The predicted molar refractivity (Wildman–Crippen MR) is 71.3 cm³/mol. The van der Waals surface area contributed by atoms with Crippen LogP contribution in [-0.4, -0.2) is 17.0 Å². The summed E-state index contributed by atoms with van der Waals surface area (Å²) in [6.45, 7) is 1.19. The van der Waals surface area contributed by atoms with Crippen molar-refractivity contribution in [2.75, 3.05) is 6.54 Å². The summed E-state index contributed by atoms with van der Waals surface area (Å²) in [6.07, 6.45) is 6.91. The third-order valence-corrected chi connectivity index (χ3v) is 7.12. The molecule has 1 spiro atoms. The molecule has 0 saturated carbocycles. The topological polar surface area (TPSA) is 12.0 Å². The van der Waals surface area contributed by atoms with Crippen LogP contribution < -0.4 is 5.32 Å². The van der Waals surface area contributed by atoms with Gasteiger partial charge < -0.3 is 5.32 Å². The minimum Gasteiger partial charge on any atom is -0.306 e. The van der Waals surface area contributed by atoms with E-state index in [1.54, 1.807) is 10.4 Å². The van der Waals surface area contributed by atoms with E-state index in [-0.39, 0.29) is 0 Å². The van der Waals surface area contributed by atoms with Crippen LogP contribution in [0.4, 0.5) is 0 Å². The van der Waals surface area contributed by atoms with Crippen molar-refractivity contribution in [1.29, 1.82) is 0 Å². The summed E-state index contributed by atoms with van der Waals surface area (Å²) in [5.41, 5.74) is 2.01. The van der Waals surface area contributed by atoms with Crippen LogP contribution in [0.25, 0.3) is 0 Å². The first-order valence-electron chi connectivity index (χ1n) is 6.33. The van der Waals surface area contributed by atoms with Gasteiger partial charge in [-0.2, -0.15) is 11.8 Å². The predicted octanol–water partition coefficient (Wildman–Crippen LogP) is 3.15. The molecule has 0 aromatic carbocycles. The van der Waals surface area contributed by atoms with Crippen molar-refractivity contribution >= 4 is 23.1 Å². The molecule has 3 aliphatic rings. The minimum absolute atomic E-state index is 0.374. The monoisotopic (exact) mass is 251 g/mol. The standard InChI is InChI=1S/C13H17NS2/c1-2-11-8-13(7-10(1)16-11)12-9(3-5-14-13)4-6-15-12/h4,6,10-11,14H,1-3,5,7-8H2.